The molecule has 10 nitrogen and oxygen atoms in total. The van der Waals surface area contributed by atoms with E-state index in [0.29, 0.717) is 33.1 Å². The van der Waals surface area contributed by atoms with E-state index < -0.39 is 52.3 Å². The fourth-order valence-electron chi connectivity index (χ4n) is 7.81. The fraction of sp³-hybridized carbons (Fsp3) is 0.167. The molecule has 0 bridgehead atoms. The number of hydrazine groups is 1. The molecule has 4 atom stereocenters. The standard InChI is InChI=1S/C36H26Cl2FN5O5/c37-21-8-6-20(7-9-21)36-28(32(46)43(33(36)47)40-23-12-10-22(39)11-13-23)19-30-27(31(36)26-15-14-25(45)18-29(26)38)16-17-41-34(48)42(35(49)44(30)41)24-4-2-1-3-5-24/h1-16,18,28,30-31,40,45H,17,19H2/t28-,30+,31-,36+/m0/s1. The van der Waals surface area contributed by atoms with Crippen molar-refractivity contribution >= 4 is 40.7 Å². The van der Waals surface area contributed by atoms with Crippen molar-refractivity contribution in [3.05, 3.63) is 157 Å². The Hall–Kier alpha value is -5.39. The number of carbonyl (C=O) groups is 2. The number of nitrogens with one attached hydrogen (secondary N) is 1. The summed E-state index contributed by atoms with van der Waals surface area (Å²) in [4.78, 5) is 57.7. The number of hydrogen-bond donors (Lipinski definition) is 2. The highest BCUT2D eigenvalue weighted by molar-refractivity contribution is 6.32. The Labute approximate surface area is 287 Å². The highest BCUT2D eigenvalue weighted by Gasteiger charge is 2.69. The average Bonchev–Trinajstić information content (AvgIpc) is 3.47. The number of allylic oxidation sites excluding steroid dienone is 2. The van der Waals surface area contributed by atoms with Gasteiger partial charge in [0.05, 0.1) is 35.3 Å². The van der Waals surface area contributed by atoms with Gasteiger partial charge in [-0.15, -0.1) is 0 Å². The summed E-state index contributed by atoms with van der Waals surface area (Å²) in [7, 11) is 0. The number of phenols is 1. The molecule has 1 aliphatic carbocycles. The van der Waals surface area contributed by atoms with E-state index in [1.165, 1.54) is 45.8 Å². The van der Waals surface area contributed by atoms with Crippen molar-refractivity contribution in [1.29, 1.82) is 0 Å². The fourth-order valence-corrected chi connectivity index (χ4v) is 8.22. The molecule has 49 heavy (non-hydrogen) atoms. The zero-order valence-electron chi connectivity index (χ0n) is 25.5. The lowest BCUT2D eigenvalue weighted by atomic mass is 9.53. The Bertz CT molecular complexity index is 2320. The Morgan fingerprint density at radius 3 is 2.27 bits per heavy atom. The molecule has 2 N–H and O–H groups in total. The highest BCUT2D eigenvalue weighted by Crippen LogP contribution is 2.62. The molecule has 1 aromatic heterocycles. The van der Waals surface area contributed by atoms with Crippen LogP contribution in [0.4, 0.5) is 10.1 Å². The maximum Gasteiger partial charge on any atom is 0.352 e. The van der Waals surface area contributed by atoms with Gasteiger partial charge in [0.2, 0.25) is 0 Å². The molecular formula is C36H26Cl2FN5O5. The Morgan fingerprint density at radius 2 is 1.57 bits per heavy atom. The van der Waals surface area contributed by atoms with E-state index in [1.807, 2.05) is 6.08 Å². The first-order valence-electron chi connectivity index (χ1n) is 15.5. The SMILES string of the molecule is O=C1[C@@H]2C[C@@H]3C(=CCn4c(=O)n(-c5ccccc5)c(=O)n43)[C@H](c3ccc(O)cc3Cl)[C@]2(c2ccc(Cl)cc2)C(=O)N1Nc1ccc(F)cc1. The Kier molecular flexibility index (Phi) is 7.16. The summed E-state index contributed by atoms with van der Waals surface area (Å²) >= 11 is 13.2. The largest absolute Gasteiger partial charge is 0.508 e. The Balaban J connectivity index is 1.39. The number of aromatic hydroxyl groups is 1. The molecule has 4 aromatic carbocycles. The first kappa shape index (κ1) is 30.9. The van der Waals surface area contributed by atoms with Gasteiger partial charge in [-0.1, -0.05) is 65.7 Å². The third-order valence-corrected chi connectivity index (χ3v) is 10.4. The van der Waals surface area contributed by atoms with E-state index in [2.05, 4.69) is 5.43 Å². The minimum atomic E-state index is -1.62. The number of para-hydroxylation sites is 1. The van der Waals surface area contributed by atoms with Gasteiger partial charge in [0.25, 0.3) is 11.8 Å². The lowest BCUT2D eigenvalue weighted by Gasteiger charge is -2.49. The molecule has 0 spiro atoms. The van der Waals surface area contributed by atoms with E-state index in [-0.39, 0.29) is 23.7 Å². The molecule has 5 aromatic rings. The van der Waals surface area contributed by atoms with Crippen LogP contribution < -0.4 is 16.8 Å². The number of anilines is 1. The number of phenolic OH excluding ortho intramolecular Hbond substituents is 1. The van der Waals surface area contributed by atoms with E-state index in [1.54, 1.807) is 60.7 Å². The third-order valence-electron chi connectivity index (χ3n) is 9.83. The molecule has 0 radical (unpaired) electrons. The quantitative estimate of drug-likeness (QED) is 0.183. The maximum atomic E-state index is 15.1. The first-order valence-corrected chi connectivity index (χ1v) is 16.2. The zero-order valence-corrected chi connectivity index (χ0v) is 27.0. The molecule has 8 rings (SSSR count). The van der Waals surface area contributed by atoms with Crippen LogP contribution in [0.2, 0.25) is 10.0 Å². The first-order chi connectivity index (χ1) is 23.6. The van der Waals surface area contributed by atoms with Crippen molar-refractivity contribution in [3.63, 3.8) is 0 Å². The van der Waals surface area contributed by atoms with Crippen LogP contribution in [0.3, 0.4) is 0 Å². The molecule has 2 amide bonds. The van der Waals surface area contributed by atoms with Gasteiger partial charge in [-0.3, -0.25) is 15.0 Å². The second kappa shape index (κ2) is 11.4. The number of rotatable bonds is 5. The average molecular weight is 699 g/mol. The van der Waals surface area contributed by atoms with Crippen molar-refractivity contribution in [2.45, 2.75) is 30.3 Å². The van der Waals surface area contributed by atoms with Gasteiger partial charge in [0, 0.05) is 16.0 Å². The summed E-state index contributed by atoms with van der Waals surface area (Å²) in [5.74, 6) is -3.81. The number of imide groups is 1. The lowest BCUT2D eigenvalue weighted by molar-refractivity contribution is -0.138. The zero-order chi connectivity index (χ0) is 34.2. The Morgan fingerprint density at radius 1 is 0.857 bits per heavy atom. The number of carbonyl (C=O) groups excluding carboxylic acids is 2. The normalized spacial score (nSPS) is 22.7. The third kappa shape index (κ3) is 4.53. The number of hydrogen-bond acceptors (Lipinski definition) is 6. The van der Waals surface area contributed by atoms with Crippen LogP contribution in [0, 0.1) is 11.7 Å². The minimum absolute atomic E-state index is 0.00693. The molecule has 0 unspecified atom stereocenters. The summed E-state index contributed by atoms with van der Waals surface area (Å²) in [5.41, 5.74) is 2.34. The summed E-state index contributed by atoms with van der Waals surface area (Å²) in [6, 6.07) is 24.0. The number of halogens is 3. The smallest absolute Gasteiger partial charge is 0.352 e. The monoisotopic (exact) mass is 697 g/mol. The van der Waals surface area contributed by atoms with Crippen LogP contribution in [0.25, 0.3) is 5.69 Å². The molecule has 2 fully saturated rings. The van der Waals surface area contributed by atoms with Crippen molar-refractivity contribution in [1.82, 2.24) is 18.9 Å². The number of benzene rings is 4. The predicted octanol–water partition coefficient (Wildman–Crippen LogP) is 5.57. The number of fused-ring (bicyclic) bond motifs is 4. The molecular weight excluding hydrogens is 672 g/mol. The number of amides is 2. The second-order valence-corrected chi connectivity index (χ2v) is 13.1. The van der Waals surface area contributed by atoms with Crippen LogP contribution in [-0.4, -0.2) is 35.9 Å². The lowest BCUT2D eigenvalue weighted by Crippen LogP contribution is -2.53. The summed E-state index contributed by atoms with van der Waals surface area (Å²) < 4.78 is 17.6. The van der Waals surface area contributed by atoms with Crippen molar-refractivity contribution < 1.29 is 19.1 Å². The summed E-state index contributed by atoms with van der Waals surface area (Å²) in [6.07, 6.45) is 1.79. The number of nitrogens with zero attached hydrogens (tertiary/aromatic N) is 4. The number of aromatic nitrogens is 3. The van der Waals surface area contributed by atoms with Gasteiger partial charge in [-0.2, -0.15) is 5.01 Å². The van der Waals surface area contributed by atoms with Crippen molar-refractivity contribution in [2.24, 2.45) is 5.92 Å². The molecule has 2 aliphatic heterocycles. The summed E-state index contributed by atoms with van der Waals surface area (Å²) in [6.45, 7) is 0.00693. The van der Waals surface area contributed by atoms with E-state index >= 15 is 4.79 Å². The topological polar surface area (TPSA) is 119 Å². The van der Waals surface area contributed by atoms with Gasteiger partial charge >= 0.3 is 11.4 Å². The van der Waals surface area contributed by atoms with E-state index in [0.717, 1.165) is 9.58 Å². The molecule has 1 saturated heterocycles. The van der Waals surface area contributed by atoms with Gasteiger partial charge in [-0.25, -0.2) is 27.9 Å². The summed E-state index contributed by atoms with van der Waals surface area (Å²) in [5, 5.41) is 11.8. The minimum Gasteiger partial charge on any atom is -0.508 e. The molecule has 1 saturated carbocycles. The van der Waals surface area contributed by atoms with Crippen LogP contribution in [0.15, 0.2) is 118 Å². The predicted molar refractivity (Wildman–Crippen MR) is 180 cm³/mol. The van der Waals surface area contributed by atoms with Gasteiger partial charge in [-0.05, 0) is 83.8 Å². The van der Waals surface area contributed by atoms with Crippen LogP contribution in [0.1, 0.15) is 29.5 Å². The van der Waals surface area contributed by atoms with E-state index in [9.17, 15) is 23.9 Å². The van der Waals surface area contributed by atoms with Gasteiger partial charge in [0.15, 0.2) is 0 Å². The maximum absolute atomic E-state index is 15.1. The molecule has 246 valence electrons. The van der Waals surface area contributed by atoms with Crippen molar-refractivity contribution in [2.75, 3.05) is 5.43 Å². The van der Waals surface area contributed by atoms with Crippen LogP contribution in [-0.2, 0) is 21.5 Å². The van der Waals surface area contributed by atoms with Crippen molar-refractivity contribution in [3.8, 4) is 11.4 Å². The van der Waals surface area contributed by atoms with Gasteiger partial charge in [0.1, 0.15) is 11.6 Å². The van der Waals surface area contributed by atoms with Gasteiger partial charge < -0.3 is 5.11 Å². The van der Waals surface area contributed by atoms with Crippen LogP contribution in [0.5, 0.6) is 5.75 Å². The second-order valence-electron chi connectivity index (χ2n) is 12.3. The molecule has 13 heteroatoms. The molecule has 3 aliphatic rings. The highest BCUT2D eigenvalue weighted by atomic mass is 35.5. The van der Waals surface area contributed by atoms with Crippen LogP contribution >= 0.6 is 23.2 Å². The molecule has 3 heterocycles. The van der Waals surface area contributed by atoms with E-state index in [4.69, 9.17) is 23.2 Å².